The molecule has 5 heteroatoms. The summed E-state index contributed by atoms with van der Waals surface area (Å²) in [4.78, 5) is 0. The summed E-state index contributed by atoms with van der Waals surface area (Å²) < 4.78 is 4.93. The maximum Gasteiger partial charge on any atom is 0.118 e. The lowest BCUT2D eigenvalue weighted by Crippen LogP contribution is -2.21. The second-order valence-corrected chi connectivity index (χ2v) is 4.08. The maximum atomic E-state index is 4.93. The van der Waals surface area contributed by atoms with Crippen LogP contribution in [-0.4, -0.2) is 37.0 Å². The number of hydrogen-bond acceptors (Lipinski definition) is 5. The standard InChI is InChI=1S/C9H17N3OS/c1-3-8-11-12-9(14-8)4-5-10-6-7-13-2/h10H,3-7H2,1-2H3. The summed E-state index contributed by atoms with van der Waals surface area (Å²) in [6.45, 7) is 4.70. The van der Waals surface area contributed by atoms with Gasteiger partial charge in [0.05, 0.1) is 6.61 Å². The zero-order valence-electron chi connectivity index (χ0n) is 8.75. The van der Waals surface area contributed by atoms with Crippen LogP contribution in [0, 0.1) is 0 Å². The first-order valence-electron chi connectivity index (χ1n) is 4.87. The zero-order chi connectivity index (χ0) is 10.2. The minimum atomic E-state index is 0.760. The fraction of sp³-hybridized carbons (Fsp3) is 0.778. The van der Waals surface area contributed by atoms with Crippen molar-refractivity contribution in [2.45, 2.75) is 19.8 Å². The molecule has 14 heavy (non-hydrogen) atoms. The molecule has 0 amide bonds. The highest BCUT2D eigenvalue weighted by atomic mass is 32.1. The summed E-state index contributed by atoms with van der Waals surface area (Å²) in [6.07, 6.45) is 1.94. The summed E-state index contributed by atoms with van der Waals surface area (Å²) >= 11 is 1.70. The van der Waals surface area contributed by atoms with E-state index < -0.39 is 0 Å². The molecule has 0 aliphatic heterocycles. The van der Waals surface area contributed by atoms with Gasteiger partial charge in [-0.25, -0.2) is 0 Å². The van der Waals surface area contributed by atoms with Crippen molar-refractivity contribution in [3.8, 4) is 0 Å². The van der Waals surface area contributed by atoms with E-state index >= 15 is 0 Å². The first-order chi connectivity index (χ1) is 6.86. The number of aryl methyl sites for hydroxylation is 1. The lowest BCUT2D eigenvalue weighted by molar-refractivity contribution is 0.199. The van der Waals surface area contributed by atoms with Gasteiger partial charge in [0.15, 0.2) is 0 Å². The first kappa shape index (κ1) is 11.6. The zero-order valence-corrected chi connectivity index (χ0v) is 9.56. The second kappa shape index (κ2) is 6.86. The largest absolute Gasteiger partial charge is 0.383 e. The molecule has 1 aromatic heterocycles. The van der Waals surface area contributed by atoms with Gasteiger partial charge in [0.25, 0.3) is 0 Å². The van der Waals surface area contributed by atoms with E-state index in [4.69, 9.17) is 4.74 Å². The van der Waals surface area contributed by atoms with Crippen molar-refractivity contribution in [3.63, 3.8) is 0 Å². The van der Waals surface area contributed by atoms with Gasteiger partial charge in [0.2, 0.25) is 0 Å². The van der Waals surface area contributed by atoms with Gasteiger partial charge in [-0.1, -0.05) is 6.92 Å². The van der Waals surface area contributed by atoms with Crippen molar-refractivity contribution in [2.75, 3.05) is 26.8 Å². The quantitative estimate of drug-likeness (QED) is 0.686. The molecule has 0 aliphatic carbocycles. The lowest BCUT2D eigenvalue weighted by atomic mass is 10.4. The predicted octanol–water partition coefficient (Wildman–Crippen LogP) is 0.879. The van der Waals surface area contributed by atoms with Crippen molar-refractivity contribution in [3.05, 3.63) is 10.0 Å². The summed E-state index contributed by atoms with van der Waals surface area (Å²) in [5.41, 5.74) is 0. The molecule has 0 saturated heterocycles. The van der Waals surface area contributed by atoms with Gasteiger partial charge in [0, 0.05) is 26.6 Å². The smallest absolute Gasteiger partial charge is 0.118 e. The van der Waals surface area contributed by atoms with Crippen LogP contribution in [-0.2, 0) is 17.6 Å². The fourth-order valence-corrected chi connectivity index (χ4v) is 1.81. The number of nitrogens with one attached hydrogen (secondary N) is 1. The Morgan fingerprint density at radius 3 is 2.71 bits per heavy atom. The van der Waals surface area contributed by atoms with Gasteiger partial charge >= 0.3 is 0 Å². The van der Waals surface area contributed by atoms with E-state index in [1.54, 1.807) is 18.4 Å². The van der Waals surface area contributed by atoms with Crippen LogP contribution >= 0.6 is 11.3 Å². The van der Waals surface area contributed by atoms with Crippen molar-refractivity contribution in [1.29, 1.82) is 0 Å². The summed E-state index contributed by atoms with van der Waals surface area (Å²) in [6, 6.07) is 0. The van der Waals surface area contributed by atoms with Crippen LogP contribution in [0.1, 0.15) is 16.9 Å². The third kappa shape index (κ3) is 4.13. The molecule has 0 aliphatic rings. The number of aromatic nitrogens is 2. The van der Waals surface area contributed by atoms with E-state index in [0.717, 1.165) is 42.6 Å². The molecular formula is C9H17N3OS. The monoisotopic (exact) mass is 215 g/mol. The average molecular weight is 215 g/mol. The Bertz CT molecular complexity index is 252. The van der Waals surface area contributed by atoms with Crippen LogP contribution in [0.15, 0.2) is 0 Å². The Hall–Kier alpha value is -0.520. The molecule has 1 heterocycles. The van der Waals surface area contributed by atoms with Crippen LogP contribution in [0.5, 0.6) is 0 Å². The number of ether oxygens (including phenoxy) is 1. The fourth-order valence-electron chi connectivity index (χ4n) is 1.03. The Morgan fingerprint density at radius 2 is 2.07 bits per heavy atom. The lowest BCUT2D eigenvalue weighted by Gasteiger charge is -2.00. The molecular weight excluding hydrogens is 198 g/mol. The van der Waals surface area contributed by atoms with Crippen molar-refractivity contribution in [1.82, 2.24) is 15.5 Å². The molecule has 0 bridgehead atoms. The van der Waals surface area contributed by atoms with Crippen LogP contribution in [0.2, 0.25) is 0 Å². The van der Waals surface area contributed by atoms with Gasteiger partial charge in [0.1, 0.15) is 10.0 Å². The molecule has 1 rings (SSSR count). The van der Waals surface area contributed by atoms with Crippen molar-refractivity contribution in [2.24, 2.45) is 0 Å². The molecule has 0 saturated carbocycles. The van der Waals surface area contributed by atoms with Crippen LogP contribution in [0.4, 0.5) is 0 Å². The topological polar surface area (TPSA) is 47.0 Å². The Kier molecular flexibility index (Phi) is 5.66. The highest BCUT2D eigenvalue weighted by Gasteiger charge is 2.00. The summed E-state index contributed by atoms with van der Waals surface area (Å²) in [7, 11) is 1.71. The minimum Gasteiger partial charge on any atom is -0.383 e. The first-order valence-corrected chi connectivity index (χ1v) is 5.69. The maximum absolute atomic E-state index is 4.93. The molecule has 0 spiro atoms. The van der Waals surface area contributed by atoms with E-state index in [1.165, 1.54) is 0 Å². The Morgan fingerprint density at radius 1 is 1.29 bits per heavy atom. The van der Waals surface area contributed by atoms with Gasteiger partial charge in [-0.15, -0.1) is 21.5 Å². The van der Waals surface area contributed by atoms with Crippen LogP contribution < -0.4 is 5.32 Å². The van der Waals surface area contributed by atoms with E-state index in [0.29, 0.717) is 0 Å². The number of nitrogens with zero attached hydrogens (tertiary/aromatic N) is 2. The second-order valence-electron chi connectivity index (χ2n) is 2.94. The van der Waals surface area contributed by atoms with Gasteiger partial charge in [-0.2, -0.15) is 0 Å². The van der Waals surface area contributed by atoms with Crippen molar-refractivity contribution < 1.29 is 4.74 Å². The van der Waals surface area contributed by atoms with Gasteiger partial charge in [-0.05, 0) is 6.42 Å². The highest BCUT2D eigenvalue weighted by molar-refractivity contribution is 7.11. The molecule has 0 atom stereocenters. The molecule has 80 valence electrons. The predicted molar refractivity (Wildman–Crippen MR) is 57.7 cm³/mol. The molecule has 1 N–H and O–H groups in total. The molecule has 4 nitrogen and oxygen atoms in total. The van der Waals surface area contributed by atoms with E-state index in [9.17, 15) is 0 Å². The molecule has 0 fully saturated rings. The molecule has 0 radical (unpaired) electrons. The summed E-state index contributed by atoms with van der Waals surface area (Å²) in [5.74, 6) is 0. The average Bonchev–Trinajstić information content (AvgIpc) is 2.65. The Labute approximate surface area is 88.7 Å². The number of rotatable bonds is 7. The Balaban J connectivity index is 2.12. The minimum absolute atomic E-state index is 0.760. The van der Waals surface area contributed by atoms with Crippen LogP contribution in [0.25, 0.3) is 0 Å². The SMILES string of the molecule is CCc1nnc(CCNCCOC)s1. The van der Waals surface area contributed by atoms with E-state index in [1.807, 2.05) is 0 Å². The molecule has 1 aromatic rings. The normalized spacial score (nSPS) is 10.7. The van der Waals surface area contributed by atoms with E-state index in [-0.39, 0.29) is 0 Å². The third-order valence-electron chi connectivity index (χ3n) is 1.81. The molecule has 0 aromatic carbocycles. The summed E-state index contributed by atoms with van der Waals surface area (Å²) in [5, 5.41) is 13.7. The number of methoxy groups -OCH3 is 1. The van der Waals surface area contributed by atoms with Gasteiger partial charge < -0.3 is 10.1 Å². The number of hydrogen-bond donors (Lipinski definition) is 1. The van der Waals surface area contributed by atoms with E-state index in [2.05, 4.69) is 22.4 Å². The highest BCUT2D eigenvalue weighted by Crippen LogP contribution is 2.09. The van der Waals surface area contributed by atoms with Crippen molar-refractivity contribution >= 4 is 11.3 Å². The molecule has 0 unspecified atom stereocenters. The van der Waals surface area contributed by atoms with Gasteiger partial charge in [-0.3, -0.25) is 0 Å². The van der Waals surface area contributed by atoms with Crippen LogP contribution in [0.3, 0.4) is 0 Å². The third-order valence-corrected chi connectivity index (χ3v) is 2.94.